The van der Waals surface area contributed by atoms with Crippen molar-refractivity contribution in [3.05, 3.63) is 21.9 Å². The first-order chi connectivity index (χ1) is 11.7. The van der Waals surface area contributed by atoms with Crippen LogP contribution in [0.5, 0.6) is 0 Å². The van der Waals surface area contributed by atoms with Crippen molar-refractivity contribution in [2.45, 2.75) is 52.5 Å². The number of hydrogen-bond acceptors (Lipinski definition) is 3. The van der Waals surface area contributed by atoms with Crippen LogP contribution < -0.4 is 10.6 Å². The van der Waals surface area contributed by atoms with E-state index >= 15 is 0 Å². The molecule has 0 atom stereocenters. The Morgan fingerprint density at radius 1 is 1.33 bits per heavy atom. The zero-order chi connectivity index (χ0) is 17.2. The fraction of sp³-hybridized carbons (Fsp3) is 0.667. The van der Waals surface area contributed by atoms with E-state index in [1.54, 1.807) is 11.3 Å². The summed E-state index contributed by atoms with van der Waals surface area (Å²) in [7, 11) is 0. The molecule has 1 aliphatic rings. The van der Waals surface area contributed by atoms with Crippen LogP contribution in [0.4, 0.5) is 0 Å². The van der Waals surface area contributed by atoms with Gasteiger partial charge in [-0.2, -0.15) is 0 Å². The lowest BCUT2D eigenvalue weighted by molar-refractivity contribution is -0.130. The number of amides is 1. The van der Waals surface area contributed by atoms with Gasteiger partial charge in [0.1, 0.15) is 0 Å². The Morgan fingerprint density at radius 3 is 2.96 bits per heavy atom. The highest BCUT2D eigenvalue weighted by atomic mass is 32.1. The second kappa shape index (κ2) is 10.3. The Kier molecular flexibility index (Phi) is 8.08. The maximum atomic E-state index is 12.0. The third-order valence-electron chi connectivity index (χ3n) is 4.26. The Bertz CT molecular complexity index is 541. The van der Waals surface area contributed by atoms with Crippen LogP contribution in [-0.2, 0) is 11.3 Å². The van der Waals surface area contributed by atoms with Crippen LogP contribution in [-0.4, -0.2) is 42.9 Å². The molecule has 1 saturated heterocycles. The van der Waals surface area contributed by atoms with Crippen molar-refractivity contribution in [2.75, 3.05) is 26.2 Å². The number of likely N-dealkylation sites (tertiary alicyclic amines) is 1. The van der Waals surface area contributed by atoms with Crippen molar-refractivity contribution in [1.82, 2.24) is 15.5 Å². The van der Waals surface area contributed by atoms with Gasteiger partial charge in [0, 0.05) is 37.5 Å². The molecule has 0 saturated carbocycles. The molecule has 1 amide bonds. The van der Waals surface area contributed by atoms with Gasteiger partial charge in [-0.1, -0.05) is 6.42 Å². The molecule has 2 rings (SSSR count). The van der Waals surface area contributed by atoms with E-state index in [2.05, 4.69) is 40.9 Å². The molecule has 2 N–H and O–H groups in total. The summed E-state index contributed by atoms with van der Waals surface area (Å²) in [4.78, 5) is 20.0. The lowest BCUT2D eigenvalue weighted by Crippen LogP contribution is -2.39. The van der Waals surface area contributed by atoms with Crippen LogP contribution in [0.15, 0.2) is 16.4 Å². The van der Waals surface area contributed by atoms with Gasteiger partial charge in [0.2, 0.25) is 5.91 Å². The average molecular weight is 351 g/mol. The number of aliphatic imine (C=N–C) groups is 1. The van der Waals surface area contributed by atoms with Gasteiger partial charge in [0.05, 0.1) is 6.54 Å². The summed E-state index contributed by atoms with van der Waals surface area (Å²) >= 11 is 1.75. The molecule has 1 fully saturated rings. The zero-order valence-electron chi connectivity index (χ0n) is 14.9. The lowest BCUT2D eigenvalue weighted by atomic mass is 10.2. The van der Waals surface area contributed by atoms with Crippen LogP contribution >= 0.6 is 11.3 Å². The molecule has 2 heterocycles. The van der Waals surface area contributed by atoms with E-state index in [0.717, 1.165) is 57.8 Å². The molecule has 5 nitrogen and oxygen atoms in total. The number of hydrogen-bond donors (Lipinski definition) is 2. The minimum absolute atomic E-state index is 0.321. The summed E-state index contributed by atoms with van der Waals surface area (Å²) in [6.45, 7) is 8.35. The second-order valence-electron chi connectivity index (χ2n) is 6.19. The predicted molar refractivity (Wildman–Crippen MR) is 102 cm³/mol. The van der Waals surface area contributed by atoms with Gasteiger partial charge in [-0.05, 0) is 50.1 Å². The van der Waals surface area contributed by atoms with Crippen molar-refractivity contribution in [3.63, 3.8) is 0 Å². The van der Waals surface area contributed by atoms with Crippen LogP contribution in [0.1, 0.15) is 49.5 Å². The monoisotopic (exact) mass is 350 g/mol. The highest BCUT2D eigenvalue weighted by Crippen LogP contribution is 2.16. The molecule has 6 heteroatoms. The molecular weight excluding hydrogens is 320 g/mol. The van der Waals surface area contributed by atoms with Crippen LogP contribution in [0.3, 0.4) is 0 Å². The van der Waals surface area contributed by atoms with E-state index in [9.17, 15) is 4.79 Å². The first-order valence-electron chi connectivity index (χ1n) is 9.03. The molecule has 24 heavy (non-hydrogen) atoms. The maximum Gasteiger partial charge on any atom is 0.222 e. The molecule has 0 aromatic carbocycles. The molecular formula is C18H30N4OS. The van der Waals surface area contributed by atoms with E-state index in [-0.39, 0.29) is 0 Å². The number of nitrogens with one attached hydrogen (secondary N) is 2. The number of nitrogens with zero attached hydrogens (tertiary/aromatic N) is 2. The van der Waals surface area contributed by atoms with E-state index in [0.29, 0.717) is 12.5 Å². The molecule has 1 aliphatic heterocycles. The largest absolute Gasteiger partial charge is 0.357 e. The van der Waals surface area contributed by atoms with Crippen molar-refractivity contribution in [1.29, 1.82) is 0 Å². The summed E-state index contributed by atoms with van der Waals surface area (Å²) in [6.07, 6.45) is 5.04. The van der Waals surface area contributed by atoms with Crippen LogP contribution in [0.2, 0.25) is 0 Å². The Hall–Kier alpha value is -1.56. The molecule has 1 aromatic rings. The summed E-state index contributed by atoms with van der Waals surface area (Å²) in [5, 5.41) is 8.77. The average Bonchev–Trinajstić information content (AvgIpc) is 2.87. The van der Waals surface area contributed by atoms with Crippen molar-refractivity contribution in [3.8, 4) is 0 Å². The Morgan fingerprint density at radius 2 is 2.21 bits per heavy atom. The smallest absolute Gasteiger partial charge is 0.222 e. The van der Waals surface area contributed by atoms with Gasteiger partial charge in [-0.3, -0.25) is 4.79 Å². The fourth-order valence-corrected chi connectivity index (χ4v) is 3.64. The predicted octanol–water partition coefficient (Wildman–Crippen LogP) is 2.90. The number of guanidine groups is 1. The second-order valence-corrected chi connectivity index (χ2v) is 7.19. The van der Waals surface area contributed by atoms with Crippen molar-refractivity contribution in [2.24, 2.45) is 4.99 Å². The molecule has 0 aliphatic carbocycles. The third kappa shape index (κ3) is 6.15. The van der Waals surface area contributed by atoms with Crippen LogP contribution in [0, 0.1) is 6.92 Å². The SMILES string of the molecule is CCNC(=NCc1sccc1C)NCCCN1CCCCCC1=O. The number of aryl methyl sites for hydroxylation is 1. The zero-order valence-corrected chi connectivity index (χ0v) is 15.8. The van der Waals surface area contributed by atoms with E-state index in [4.69, 9.17) is 0 Å². The molecule has 0 unspecified atom stereocenters. The van der Waals surface area contributed by atoms with Gasteiger partial charge >= 0.3 is 0 Å². The van der Waals surface area contributed by atoms with Gasteiger partial charge in [-0.15, -0.1) is 11.3 Å². The van der Waals surface area contributed by atoms with Gasteiger partial charge < -0.3 is 15.5 Å². The highest BCUT2D eigenvalue weighted by Gasteiger charge is 2.15. The standard InChI is InChI=1S/C18H30N4OS/c1-3-19-18(21-14-16-15(2)9-13-24-16)20-10-7-12-22-11-6-4-5-8-17(22)23/h9,13H,3-8,10-12,14H2,1-2H3,(H2,19,20,21). The third-order valence-corrected chi connectivity index (χ3v) is 5.27. The number of carbonyl (C=O) groups is 1. The van der Waals surface area contributed by atoms with E-state index in [1.807, 2.05) is 4.90 Å². The first-order valence-corrected chi connectivity index (χ1v) is 9.91. The summed E-state index contributed by atoms with van der Waals surface area (Å²) < 4.78 is 0. The van der Waals surface area contributed by atoms with Gasteiger partial charge in [0.25, 0.3) is 0 Å². The summed E-state index contributed by atoms with van der Waals surface area (Å²) in [5.74, 6) is 1.17. The number of rotatable bonds is 7. The number of thiophene rings is 1. The highest BCUT2D eigenvalue weighted by molar-refractivity contribution is 7.10. The normalized spacial score (nSPS) is 16.2. The number of carbonyl (C=O) groups excluding carboxylic acids is 1. The maximum absolute atomic E-state index is 12.0. The fourth-order valence-electron chi connectivity index (χ4n) is 2.81. The van der Waals surface area contributed by atoms with Crippen LogP contribution in [0.25, 0.3) is 0 Å². The lowest BCUT2D eigenvalue weighted by Gasteiger charge is -2.20. The molecule has 1 aromatic heterocycles. The minimum atomic E-state index is 0.321. The van der Waals surface area contributed by atoms with Gasteiger partial charge in [-0.25, -0.2) is 4.99 Å². The molecule has 0 spiro atoms. The molecule has 134 valence electrons. The minimum Gasteiger partial charge on any atom is -0.357 e. The topological polar surface area (TPSA) is 56.7 Å². The van der Waals surface area contributed by atoms with Gasteiger partial charge in [0.15, 0.2) is 5.96 Å². The Balaban J connectivity index is 1.74. The van der Waals surface area contributed by atoms with Crippen molar-refractivity contribution < 1.29 is 4.79 Å². The van der Waals surface area contributed by atoms with E-state index in [1.165, 1.54) is 16.9 Å². The summed E-state index contributed by atoms with van der Waals surface area (Å²) in [6, 6.07) is 2.13. The first kappa shape index (κ1) is 18.8. The Labute approximate surface area is 149 Å². The van der Waals surface area contributed by atoms with Crippen molar-refractivity contribution >= 4 is 23.2 Å². The molecule has 0 radical (unpaired) electrons. The summed E-state index contributed by atoms with van der Waals surface area (Å²) in [5.41, 5.74) is 1.30. The quantitative estimate of drug-likeness (QED) is 0.452. The molecule has 0 bridgehead atoms. The van der Waals surface area contributed by atoms with E-state index < -0.39 is 0 Å².